The molecule has 1 aliphatic rings. The number of carbonyl (C=O) groups is 1. The molecule has 7 heteroatoms. The van der Waals surface area contributed by atoms with E-state index in [0.29, 0.717) is 6.54 Å². The number of thioether (sulfide) groups is 1. The zero-order valence-corrected chi connectivity index (χ0v) is 15.7. The third-order valence-corrected chi connectivity index (χ3v) is 4.62. The number of benzene rings is 1. The van der Waals surface area contributed by atoms with Gasteiger partial charge in [-0.1, -0.05) is 30.3 Å². The molecule has 1 heterocycles. The van der Waals surface area contributed by atoms with E-state index in [4.69, 9.17) is 5.73 Å². The third-order valence-electron chi connectivity index (χ3n) is 3.68. The molecule has 23 heavy (non-hydrogen) atoms. The third kappa shape index (κ3) is 7.77. The summed E-state index contributed by atoms with van der Waals surface area (Å²) in [4.78, 5) is 14.7. The van der Waals surface area contributed by atoms with Gasteiger partial charge in [-0.2, -0.15) is 11.8 Å². The van der Waals surface area contributed by atoms with Crippen molar-refractivity contribution >= 4 is 42.5 Å². The van der Waals surface area contributed by atoms with E-state index in [-0.39, 0.29) is 36.8 Å². The first-order valence-corrected chi connectivity index (χ1v) is 8.80. The zero-order chi connectivity index (χ0) is 14.9. The Labute approximate surface area is 155 Å². The van der Waals surface area contributed by atoms with Crippen molar-refractivity contribution < 1.29 is 4.79 Å². The molecule has 1 fully saturated rings. The van der Waals surface area contributed by atoms with E-state index in [0.717, 1.165) is 44.0 Å². The SMILES string of the molecule is Cl.Cl.NCCCNC(Cc1ccccc1)C(=O)N1CCSCC1. The summed E-state index contributed by atoms with van der Waals surface area (Å²) in [6.07, 6.45) is 1.64. The topological polar surface area (TPSA) is 58.4 Å². The van der Waals surface area contributed by atoms with Crippen molar-refractivity contribution in [2.24, 2.45) is 5.73 Å². The van der Waals surface area contributed by atoms with E-state index in [1.54, 1.807) is 0 Å². The number of nitrogens with zero attached hydrogens (tertiary/aromatic N) is 1. The van der Waals surface area contributed by atoms with Gasteiger partial charge in [-0.05, 0) is 31.5 Å². The van der Waals surface area contributed by atoms with Gasteiger partial charge in [0.15, 0.2) is 0 Å². The number of hydrogen-bond donors (Lipinski definition) is 2. The second kappa shape index (κ2) is 12.9. The molecule has 1 aliphatic heterocycles. The molecule has 1 saturated heterocycles. The summed E-state index contributed by atoms with van der Waals surface area (Å²) < 4.78 is 0. The van der Waals surface area contributed by atoms with Crippen LogP contribution < -0.4 is 11.1 Å². The molecule has 1 aromatic carbocycles. The highest BCUT2D eigenvalue weighted by Gasteiger charge is 2.25. The largest absolute Gasteiger partial charge is 0.340 e. The number of rotatable bonds is 7. The summed E-state index contributed by atoms with van der Waals surface area (Å²) in [5, 5.41) is 3.39. The predicted molar refractivity (Wildman–Crippen MR) is 104 cm³/mol. The average molecular weight is 380 g/mol. The van der Waals surface area contributed by atoms with Gasteiger partial charge >= 0.3 is 0 Å². The molecule has 3 N–H and O–H groups in total. The normalized spacial score (nSPS) is 15.3. The van der Waals surface area contributed by atoms with Crippen LogP contribution >= 0.6 is 36.6 Å². The van der Waals surface area contributed by atoms with Crippen LogP contribution in [0.25, 0.3) is 0 Å². The Balaban J connectivity index is 0.00000242. The molecule has 4 nitrogen and oxygen atoms in total. The van der Waals surface area contributed by atoms with Crippen molar-refractivity contribution in [2.75, 3.05) is 37.7 Å². The standard InChI is InChI=1S/C16H25N3OS.2ClH/c17-7-4-8-18-15(13-14-5-2-1-3-6-14)16(20)19-9-11-21-12-10-19;;/h1-3,5-6,15,18H,4,7-13,17H2;2*1H. The molecule has 0 saturated carbocycles. The molecule has 0 aliphatic carbocycles. The number of amides is 1. The van der Waals surface area contributed by atoms with E-state index < -0.39 is 0 Å². The quantitative estimate of drug-likeness (QED) is 0.710. The molecular weight excluding hydrogens is 353 g/mol. The van der Waals surface area contributed by atoms with E-state index in [1.807, 2.05) is 34.9 Å². The first-order chi connectivity index (χ1) is 10.3. The van der Waals surface area contributed by atoms with Crippen molar-refractivity contribution in [1.29, 1.82) is 0 Å². The lowest BCUT2D eigenvalue weighted by atomic mass is 10.0. The molecule has 1 aromatic rings. The number of nitrogens with two attached hydrogens (primary N) is 1. The number of nitrogens with one attached hydrogen (secondary N) is 1. The Morgan fingerprint density at radius 1 is 1.22 bits per heavy atom. The van der Waals surface area contributed by atoms with Gasteiger partial charge in [0.05, 0.1) is 6.04 Å². The lowest BCUT2D eigenvalue weighted by Gasteiger charge is -2.30. The first-order valence-electron chi connectivity index (χ1n) is 7.65. The number of halogens is 2. The highest BCUT2D eigenvalue weighted by atomic mass is 35.5. The molecule has 0 radical (unpaired) electrons. The predicted octanol–water partition coefficient (Wildman–Crippen LogP) is 1.96. The first kappa shape index (κ1) is 22.5. The second-order valence-electron chi connectivity index (χ2n) is 5.28. The summed E-state index contributed by atoms with van der Waals surface area (Å²) in [6.45, 7) is 3.18. The van der Waals surface area contributed by atoms with Gasteiger partial charge in [-0.15, -0.1) is 24.8 Å². The fourth-order valence-corrected chi connectivity index (χ4v) is 3.38. The molecule has 1 atom stereocenters. The Kier molecular flexibility index (Phi) is 12.6. The van der Waals surface area contributed by atoms with Crippen molar-refractivity contribution in [3.8, 4) is 0 Å². The maximum Gasteiger partial charge on any atom is 0.240 e. The lowest BCUT2D eigenvalue weighted by Crippen LogP contribution is -2.50. The Morgan fingerprint density at radius 3 is 2.48 bits per heavy atom. The van der Waals surface area contributed by atoms with Gasteiger partial charge in [0.25, 0.3) is 0 Å². The van der Waals surface area contributed by atoms with Crippen LogP contribution in [-0.2, 0) is 11.2 Å². The van der Waals surface area contributed by atoms with Gasteiger partial charge in [0, 0.05) is 24.6 Å². The van der Waals surface area contributed by atoms with E-state index in [1.165, 1.54) is 5.56 Å². The van der Waals surface area contributed by atoms with Crippen molar-refractivity contribution in [2.45, 2.75) is 18.9 Å². The molecular formula is C16H27Cl2N3OS. The summed E-state index contributed by atoms with van der Waals surface area (Å²) in [6, 6.07) is 10.1. The molecule has 0 spiro atoms. The zero-order valence-electron chi connectivity index (χ0n) is 13.3. The molecule has 0 bridgehead atoms. The Hall–Kier alpha value is -0.460. The molecule has 0 aromatic heterocycles. The molecule has 2 rings (SSSR count). The van der Waals surface area contributed by atoms with Gasteiger partial charge in [0.2, 0.25) is 5.91 Å². The van der Waals surface area contributed by atoms with Gasteiger partial charge in [-0.25, -0.2) is 0 Å². The maximum absolute atomic E-state index is 12.7. The average Bonchev–Trinajstić information content (AvgIpc) is 2.55. The van der Waals surface area contributed by atoms with Gasteiger partial charge in [0.1, 0.15) is 0 Å². The Bertz CT molecular complexity index is 431. The monoisotopic (exact) mass is 379 g/mol. The maximum atomic E-state index is 12.7. The summed E-state index contributed by atoms with van der Waals surface area (Å²) in [5.74, 6) is 2.33. The van der Waals surface area contributed by atoms with Gasteiger partial charge in [-0.3, -0.25) is 4.79 Å². The molecule has 1 unspecified atom stereocenters. The summed E-state index contributed by atoms with van der Waals surface area (Å²) >= 11 is 1.92. The van der Waals surface area contributed by atoms with Crippen LogP contribution in [0.4, 0.5) is 0 Å². The second-order valence-corrected chi connectivity index (χ2v) is 6.50. The van der Waals surface area contributed by atoms with E-state index in [2.05, 4.69) is 17.4 Å². The van der Waals surface area contributed by atoms with Crippen molar-refractivity contribution in [3.63, 3.8) is 0 Å². The van der Waals surface area contributed by atoms with Crippen LogP contribution in [0.3, 0.4) is 0 Å². The minimum Gasteiger partial charge on any atom is -0.340 e. The van der Waals surface area contributed by atoms with E-state index >= 15 is 0 Å². The van der Waals surface area contributed by atoms with Crippen LogP contribution in [0.1, 0.15) is 12.0 Å². The minimum atomic E-state index is -0.137. The van der Waals surface area contributed by atoms with Gasteiger partial charge < -0.3 is 16.0 Å². The smallest absolute Gasteiger partial charge is 0.240 e. The van der Waals surface area contributed by atoms with Crippen LogP contribution in [0.2, 0.25) is 0 Å². The highest BCUT2D eigenvalue weighted by Crippen LogP contribution is 2.12. The summed E-state index contributed by atoms with van der Waals surface area (Å²) in [5.41, 5.74) is 6.74. The van der Waals surface area contributed by atoms with Crippen LogP contribution in [0.15, 0.2) is 30.3 Å². The minimum absolute atomic E-state index is 0. The van der Waals surface area contributed by atoms with Crippen LogP contribution in [0.5, 0.6) is 0 Å². The van der Waals surface area contributed by atoms with Crippen molar-refractivity contribution in [3.05, 3.63) is 35.9 Å². The van der Waals surface area contributed by atoms with Crippen molar-refractivity contribution in [1.82, 2.24) is 10.2 Å². The fraction of sp³-hybridized carbons (Fsp3) is 0.562. The summed E-state index contributed by atoms with van der Waals surface area (Å²) in [7, 11) is 0. The van der Waals surface area contributed by atoms with Crippen LogP contribution in [-0.4, -0.2) is 54.5 Å². The number of carbonyl (C=O) groups excluding carboxylic acids is 1. The Morgan fingerprint density at radius 2 is 1.87 bits per heavy atom. The fourth-order valence-electron chi connectivity index (χ4n) is 2.48. The number of hydrogen-bond acceptors (Lipinski definition) is 4. The van der Waals surface area contributed by atoms with E-state index in [9.17, 15) is 4.79 Å². The molecule has 1 amide bonds. The molecule has 132 valence electrons. The highest BCUT2D eigenvalue weighted by molar-refractivity contribution is 7.99. The lowest BCUT2D eigenvalue weighted by molar-refractivity contribution is -0.133. The van der Waals surface area contributed by atoms with Crippen LogP contribution in [0, 0.1) is 0 Å².